The van der Waals surface area contributed by atoms with Crippen molar-refractivity contribution in [2.45, 2.75) is 44.5 Å². The number of benzene rings is 1. The van der Waals surface area contributed by atoms with E-state index in [4.69, 9.17) is 10.2 Å². The number of nitrogens with zero attached hydrogens (tertiary/aromatic N) is 3. The number of anilines is 1. The topological polar surface area (TPSA) is 127 Å². The fourth-order valence-corrected chi connectivity index (χ4v) is 4.95. The Balaban J connectivity index is 1.57. The van der Waals surface area contributed by atoms with E-state index >= 15 is 0 Å². The summed E-state index contributed by atoms with van der Waals surface area (Å²) in [6.45, 7) is 4.58. The third kappa shape index (κ3) is 5.10. The Morgan fingerprint density at radius 3 is 2.59 bits per heavy atom. The summed E-state index contributed by atoms with van der Waals surface area (Å²) < 4.78 is 35.2. The molecule has 1 amide bonds. The number of nitrogens with two attached hydrogens (primary N) is 1. The van der Waals surface area contributed by atoms with E-state index in [9.17, 15) is 18.7 Å². The number of aryl methyl sites for hydroxylation is 1. The molecule has 3 aromatic rings. The summed E-state index contributed by atoms with van der Waals surface area (Å²) in [6.07, 6.45) is 0.358. The normalized spacial score (nSPS) is 16.2. The first-order chi connectivity index (χ1) is 16.0. The first kappa shape index (κ1) is 23.8. The molecule has 0 radical (unpaired) electrons. The number of aromatic nitrogens is 3. The Hall–Kier alpha value is -3.31. The number of primary amides is 1. The van der Waals surface area contributed by atoms with Crippen molar-refractivity contribution >= 4 is 23.5 Å². The van der Waals surface area contributed by atoms with Crippen LogP contribution in [0.25, 0.3) is 0 Å². The fourth-order valence-electron chi connectivity index (χ4n) is 3.58. The largest absolute Gasteiger partial charge is 0.425 e. The van der Waals surface area contributed by atoms with Crippen molar-refractivity contribution in [3.05, 3.63) is 81.2 Å². The molecule has 0 fully saturated rings. The Morgan fingerprint density at radius 1 is 1.29 bits per heavy atom. The summed E-state index contributed by atoms with van der Waals surface area (Å²) in [7, 11) is 0. The van der Waals surface area contributed by atoms with E-state index in [1.54, 1.807) is 25.1 Å². The van der Waals surface area contributed by atoms with Gasteiger partial charge in [0.15, 0.2) is 0 Å². The van der Waals surface area contributed by atoms with Crippen molar-refractivity contribution in [3.8, 4) is 0 Å². The molecule has 0 bridgehead atoms. The summed E-state index contributed by atoms with van der Waals surface area (Å²) in [5.74, 6) is -0.999. The molecule has 0 spiro atoms. The number of nitrogens with one attached hydrogen (secondary N) is 1. The van der Waals surface area contributed by atoms with Crippen molar-refractivity contribution in [1.29, 1.82) is 0 Å². The molecule has 0 saturated carbocycles. The number of aliphatic hydroxyl groups is 1. The quantitative estimate of drug-likeness (QED) is 0.459. The molecule has 1 aromatic carbocycles. The van der Waals surface area contributed by atoms with Crippen LogP contribution in [0.5, 0.6) is 0 Å². The zero-order valence-electron chi connectivity index (χ0n) is 18.7. The average Bonchev–Trinajstić information content (AvgIpc) is 3.33. The van der Waals surface area contributed by atoms with E-state index in [1.165, 1.54) is 13.8 Å². The maximum atomic E-state index is 14.9. The molecular formula is C23H23F2N5O3S. The second-order valence-electron chi connectivity index (χ2n) is 8.43. The van der Waals surface area contributed by atoms with Crippen LogP contribution < -0.4 is 11.1 Å². The molecule has 3 heterocycles. The number of rotatable bonds is 7. The minimum Gasteiger partial charge on any atom is -0.425 e. The van der Waals surface area contributed by atoms with E-state index in [1.807, 2.05) is 0 Å². The molecule has 4 N–H and O–H groups in total. The number of hydrogen-bond donors (Lipinski definition) is 3. The van der Waals surface area contributed by atoms with Crippen molar-refractivity contribution in [1.82, 2.24) is 15.2 Å². The molecule has 178 valence electrons. The summed E-state index contributed by atoms with van der Waals surface area (Å²) in [5, 5.41) is 20.6. The van der Waals surface area contributed by atoms with Gasteiger partial charge in [0, 0.05) is 23.3 Å². The van der Waals surface area contributed by atoms with Gasteiger partial charge in [-0.05, 0) is 50.1 Å². The van der Waals surface area contributed by atoms with Crippen LogP contribution in [0.3, 0.4) is 0 Å². The van der Waals surface area contributed by atoms with Crippen LogP contribution in [0.1, 0.15) is 54.1 Å². The van der Waals surface area contributed by atoms with Crippen LogP contribution in [0.15, 0.2) is 45.4 Å². The van der Waals surface area contributed by atoms with Crippen LogP contribution in [0.4, 0.5) is 14.6 Å². The van der Waals surface area contributed by atoms with Crippen molar-refractivity contribution in [2.24, 2.45) is 5.73 Å². The van der Waals surface area contributed by atoms with Gasteiger partial charge in [0.1, 0.15) is 17.5 Å². The van der Waals surface area contributed by atoms with E-state index in [2.05, 4.69) is 20.5 Å². The fraction of sp³-hybridized carbons (Fsp3) is 0.304. The minimum absolute atomic E-state index is 0.0407. The van der Waals surface area contributed by atoms with E-state index in [0.29, 0.717) is 34.7 Å². The van der Waals surface area contributed by atoms with Gasteiger partial charge in [0.2, 0.25) is 17.7 Å². The summed E-state index contributed by atoms with van der Waals surface area (Å²) in [4.78, 5) is 16.6. The van der Waals surface area contributed by atoms with Gasteiger partial charge in [-0.15, -0.1) is 10.2 Å². The van der Waals surface area contributed by atoms with E-state index < -0.39 is 28.4 Å². The highest BCUT2D eigenvalue weighted by Crippen LogP contribution is 2.49. The maximum absolute atomic E-state index is 14.9. The number of carbonyl (C=O) groups is 1. The van der Waals surface area contributed by atoms with Crippen LogP contribution in [0, 0.1) is 18.6 Å². The zero-order chi connectivity index (χ0) is 24.6. The molecular weight excluding hydrogens is 464 g/mol. The van der Waals surface area contributed by atoms with Crippen LogP contribution in [-0.4, -0.2) is 26.2 Å². The zero-order valence-corrected chi connectivity index (χ0v) is 19.5. The lowest BCUT2D eigenvalue weighted by Gasteiger charge is -2.20. The van der Waals surface area contributed by atoms with Crippen molar-refractivity contribution in [2.75, 3.05) is 5.32 Å². The van der Waals surface area contributed by atoms with Gasteiger partial charge in [-0.2, -0.15) is 0 Å². The van der Waals surface area contributed by atoms with Gasteiger partial charge in [-0.3, -0.25) is 4.79 Å². The summed E-state index contributed by atoms with van der Waals surface area (Å²) in [6, 6.07) is 7.47. The molecule has 11 heteroatoms. The molecule has 1 unspecified atom stereocenters. The number of carbonyl (C=O) groups excluding carboxylic acids is 1. The monoisotopic (exact) mass is 487 g/mol. The second-order valence-corrected chi connectivity index (χ2v) is 9.64. The molecule has 1 atom stereocenters. The lowest BCUT2D eigenvalue weighted by atomic mass is 9.94. The van der Waals surface area contributed by atoms with Crippen LogP contribution in [-0.2, 0) is 16.8 Å². The number of hydrogen-bond acceptors (Lipinski definition) is 8. The predicted molar refractivity (Wildman–Crippen MR) is 122 cm³/mol. The highest BCUT2D eigenvalue weighted by molar-refractivity contribution is 8.03. The average molecular weight is 488 g/mol. The smallest absolute Gasteiger partial charge is 0.247 e. The van der Waals surface area contributed by atoms with Gasteiger partial charge >= 0.3 is 0 Å². The number of thioether (sulfide) groups is 1. The van der Waals surface area contributed by atoms with Gasteiger partial charge in [0.05, 0.1) is 22.7 Å². The van der Waals surface area contributed by atoms with Crippen molar-refractivity contribution < 1.29 is 23.1 Å². The predicted octanol–water partition coefficient (Wildman–Crippen LogP) is 3.86. The lowest BCUT2D eigenvalue weighted by molar-refractivity contribution is -0.114. The van der Waals surface area contributed by atoms with Gasteiger partial charge < -0.3 is 20.6 Å². The Bertz CT molecular complexity index is 1260. The SMILES string of the molecule is Cc1nnc(Cc2cccc(NC3=C(C(N)=O)CC(c4c(F)cc(C(C)(C)O)cc4F)S3)n2)o1. The summed E-state index contributed by atoms with van der Waals surface area (Å²) >= 11 is 1.09. The van der Waals surface area contributed by atoms with Gasteiger partial charge in [-0.1, -0.05) is 17.8 Å². The first-order valence-electron chi connectivity index (χ1n) is 10.4. The number of pyridine rings is 1. The maximum Gasteiger partial charge on any atom is 0.247 e. The minimum atomic E-state index is -1.40. The summed E-state index contributed by atoms with van der Waals surface area (Å²) in [5.41, 5.74) is 4.96. The Morgan fingerprint density at radius 2 is 2.00 bits per heavy atom. The number of amides is 1. The third-order valence-corrected chi connectivity index (χ3v) is 6.55. The van der Waals surface area contributed by atoms with Crippen LogP contribution >= 0.6 is 11.8 Å². The van der Waals surface area contributed by atoms with Crippen LogP contribution in [0.2, 0.25) is 0 Å². The van der Waals surface area contributed by atoms with Crippen molar-refractivity contribution in [3.63, 3.8) is 0 Å². The Kier molecular flexibility index (Phi) is 6.41. The molecule has 0 saturated heterocycles. The van der Waals surface area contributed by atoms with E-state index in [-0.39, 0.29) is 23.1 Å². The van der Waals surface area contributed by atoms with Gasteiger partial charge in [-0.25, -0.2) is 13.8 Å². The highest BCUT2D eigenvalue weighted by Gasteiger charge is 2.34. The first-order valence-corrected chi connectivity index (χ1v) is 11.3. The molecule has 2 aromatic heterocycles. The third-order valence-electron chi connectivity index (χ3n) is 5.28. The molecule has 8 nitrogen and oxygen atoms in total. The van der Waals surface area contributed by atoms with Gasteiger partial charge in [0.25, 0.3) is 0 Å². The molecule has 0 aliphatic carbocycles. The van der Waals surface area contributed by atoms with E-state index in [0.717, 1.165) is 23.9 Å². The molecule has 4 rings (SSSR count). The highest BCUT2D eigenvalue weighted by atomic mass is 32.2. The second kappa shape index (κ2) is 9.15. The standard InChI is InChI=1S/C23H23F2N5O3S/c1-11-29-30-19(33-11)9-13-5-4-6-18(27-13)28-22-14(21(26)31)10-17(34-22)20-15(24)7-12(8-16(20)25)23(2,3)32/h4-8,17,32H,9-10H2,1-3H3,(H2,26,31)(H,27,28). The Labute approximate surface area is 198 Å². The number of halogens is 2. The molecule has 1 aliphatic heterocycles. The molecule has 1 aliphatic rings. The molecule has 34 heavy (non-hydrogen) atoms. The lowest BCUT2D eigenvalue weighted by Crippen LogP contribution is -2.17.